The van der Waals surface area contributed by atoms with Crippen LogP contribution in [0.1, 0.15) is 19.3 Å². The fraction of sp³-hybridized carbons (Fsp3) is 0.875. The second-order valence-electron chi connectivity index (χ2n) is 3.74. The van der Waals surface area contributed by atoms with E-state index in [2.05, 4.69) is 4.74 Å². The molecule has 0 radical (unpaired) electrons. The summed E-state index contributed by atoms with van der Waals surface area (Å²) in [7, 11) is -2.20. The zero-order chi connectivity index (χ0) is 10.4. The molecule has 0 saturated carbocycles. The van der Waals surface area contributed by atoms with Crippen molar-refractivity contribution in [2.45, 2.75) is 24.0 Å². The Labute approximate surface area is 83.1 Å². The molecular weight excluding hydrogens is 206 g/mol. The van der Waals surface area contributed by atoms with Crippen molar-refractivity contribution in [2.24, 2.45) is 0 Å². The molecular formula is C8H13NO4S. The molecule has 2 aliphatic heterocycles. The molecule has 2 saturated heterocycles. The molecule has 2 unspecified atom stereocenters. The van der Waals surface area contributed by atoms with E-state index in [-0.39, 0.29) is 0 Å². The van der Waals surface area contributed by atoms with Gasteiger partial charge in [0.05, 0.1) is 7.11 Å². The smallest absolute Gasteiger partial charge is 0.328 e. The van der Waals surface area contributed by atoms with Gasteiger partial charge >= 0.3 is 5.97 Å². The SMILES string of the molecule is COC(=O)C12CCCN(CC1)S2(=O)=O. The van der Waals surface area contributed by atoms with Crippen molar-refractivity contribution in [2.75, 3.05) is 20.2 Å². The number of hydrogen-bond donors (Lipinski definition) is 0. The number of hydrogen-bond acceptors (Lipinski definition) is 4. The van der Waals surface area contributed by atoms with Gasteiger partial charge in [-0.25, -0.2) is 12.7 Å². The van der Waals surface area contributed by atoms with Crippen LogP contribution in [0, 0.1) is 0 Å². The Bertz CT molecular complexity index is 360. The van der Waals surface area contributed by atoms with E-state index in [1.54, 1.807) is 0 Å². The Hall–Kier alpha value is -0.620. The number of sulfonamides is 1. The Morgan fingerprint density at radius 1 is 1.36 bits per heavy atom. The molecule has 5 nitrogen and oxygen atoms in total. The standard InChI is InChI=1S/C8H13NO4S/c1-13-7(10)8-3-2-5-9(6-4-8)14(8,11)12/h2-6H2,1H3. The Balaban J connectivity index is 2.48. The first-order chi connectivity index (χ1) is 6.54. The topological polar surface area (TPSA) is 63.7 Å². The molecule has 6 heteroatoms. The molecule has 0 aliphatic carbocycles. The molecule has 0 spiro atoms. The van der Waals surface area contributed by atoms with Crippen LogP contribution < -0.4 is 0 Å². The second-order valence-corrected chi connectivity index (χ2v) is 5.99. The monoisotopic (exact) mass is 219 g/mol. The number of carbonyl (C=O) groups is 1. The summed E-state index contributed by atoms with van der Waals surface area (Å²) in [6.45, 7) is 0.999. The molecule has 0 N–H and O–H groups in total. The highest BCUT2D eigenvalue weighted by Gasteiger charge is 2.60. The number of ether oxygens (including phenoxy) is 1. The lowest BCUT2D eigenvalue weighted by Gasteiger charge is -2.30. The first-order valence-electron chi connectivity index (χ1n) is 4.63. The van der Waals surface area contributed by atoms with Gasteiger partial charge in [-0.15, -0.1) is 0 Å². The molecule has 14 heavy (non-hydrogen) atoms. The van der Waals surface area contributed by atoms with Gasteiger partial charge in [0.1, 0.15) is 0 Å². The van der Waals surface area contributed by atoms with Crippen LogP contribution in [0.5, 0.6) is 0 Å². The molecule has 2 heterocycles. The van der Waals surface area contributed by atoms with Gasteiger partial charge in [0, 0.05) is 13.1 Å². The van der Waals surface area contributed by atoms with Crippen molar-refractivity contribution in [3.8, 4) is 0 Å². The van der Waals surface area contributed by atoms with E-state index in [0.29, 0.717) is 25.9 Å². The molecule has 0 amide bonds. The molecule has 2 fully saturated rings. The summed E-state index contributed by atoms with van der Waals surface area (Å²) >= 11 is 0. The van der Waals surface area contributed by atoms with E-state index in [1.807, 2.05) is 0 Å². The van der Waals surface area contributed by atoms with Gasteiger partial charge < -0.3 is 4.74 Å². The fourth-order valence-corrected chi connectivity index (χ4v) is 4.56. The van der Waals surface area contributed by atoms with Gasteiger partial charge in [0.25, 0.3) is 0 Å². The van der Waals surface area contributed by atoms with Gasteiger partial charge in [-0.2, -0.15) is 0 Å². The summed E-state index contributed by atoms with van der Waals surface area (Å²) in [4.78, 5) is 11.5. The van der Waals surface area contributed by atoms with E-state index in [4.69, 9.17) is 0 Å². The van der Waals surface area contributed by atoms with Crippen LogP contribution in [0.2, 0.25) is 0 Å². The van der Waals surface area contributed by atoms with Gasteiger partial charge in [0.2, 0.25) is 10.0 Å². The maximum absolute atomic E-state index is 11.9. The van der Waals surface area contributed by atoms with Gasteiger partial charge in [0.15, 0.2) is 4.75 Å². The number of rotatable bonds is 1. The van der Waals surface area contributed by atoms with E-state index >= 15 is 0 Å². The lowest BCUT2D eigenvalue weighted by atomic mass is 10.00. The first kappa shape index (κ1) is 9.92. The van der Waals surface area contributed by atoms with Crippen molar-refractivity contribution >= 4 is 16.0 Å². The van der Waals surface area contributed by atoms with Crippen molar-refractivity contribution in [1.29, 1.82) is 0 Å². The third-order valence-electron chi connectivity index (χ3n) is 3.14. The maximum atomic E-state index is 11.9. The normalized spacial score (nSPS) is 39.4. The number of fused-ring (bicyclic) bond motifs is 2. The third kappa shape index (κ3) is 0.980. The highest BCUT2D eigenvalue weighted by Crippen LogP contribution is 2.41. The third-order valence-corrected chi connectivity index (χ3v) is 5.75. The highest BCUT2D eigenvalue weighted by atomic mass is 32.2. The zero-order valence-electron chi connectivity index (χ0n) is 8.02. The van der Waals surface area contributed by atoms with Gasteiger partial charge in [-0.3, -0.25) is 4.79 Å². The van der Waals surface area contributed by atoms with Crippen LogP contribution in [-0.2, 0) is 19.6 Å². The van der Waals surface area contributed by atoms with Gasteiger partial charge in [-0.1, -0.05) is 0 Å². The van der Waals surface area contributed by atoms with Crippen LogP contribution in [0.15, 0.2) is 0 Å². The minimum atomic E-state index is -3.44. The van der Waals surface area contributed by atoms with Crippen LogP contribution in [0.25, 0.3) is 0 Å². The maximum Gasteiger partial charge on any atom is 0.328 e. The van der Waals surface area contributed by atoms with Crippen molar-refractivity contribution in [3.63, 3.8) is 0 Å². The number of nitrogens with zero attached hydrogens (tertiary/aromatic N) is 1. The quantitative estimate of drug-likeness (QED) is 0.569. The molecule has 2 bridgehead atoms. The Morgan fingerprint density at radius 3 is 2.71 bits per heavy atom. The second kappa shape index (κ2) is 2.93. The van der Waals surface area contributed by atoms with Crippen LogP contribution in [0.3, 0.4) is 0 Å². The molecule has 2 aliphatic rings. The largest absolute Gasteiger partial charge is 0.468 e. The minimum absolute atomic E-state index is 0.377. The van der Waals surface area contributed by atoms with Crippen LogP contribution in [0.4, 0.5) is 0 Å². The summed E-state index contributed by atoms with van der Waals surface area (Å²) in [6.07, 6.45) is 1.52. The molecule has 2 rings (SSSR count). The molecule has 0 aromatic rings. The zero-order valence-corrected chi connectivity index (χ0v) is 8.84. The number of methoxy groups -OCH3 is 1. The number of esters is 1. The van der Waals surface area contributed by atoms with Crippen LogP contribution >= 0.6 is 0 Å². The predicted molar refractivity (Wildman–Crippen MR) is 49.1 cm³/mol. The van der Waals surface area contributed by atoms with E-state index in [0.717, 1.165) is 6.42 Å². The van der Waals surface area contributed by atoms with Crippen LogP contribution in [-0.4, -0.2) is 43.6 Å². The van der Waals surface area contributed by atoms with E-state index in [1.165, 1.54) is 11.4 Å². The fourth-order valence-electron chi connectivity index (χ4n) is 2.32. The molecule has 80 valence electrons. The van der Waals surface area contributed by atoms with E-state index in [9.17, 15) is 13.2 Å². The minimum Gasteiger partial charge on any atom is -0.468 e. The number of carbonyl (C=O) groups excluding carboxylic acids is 1. The van der Waals surface area contributed by atoms with Crippen molar-refractivity contribution < 1.29 is 17.9 Å². The summed E-state index contributed by atoms with van der Waals surface area (Å²) in [5, 5.41) is 0. The van der Waals surface area contributed by atoms with Gasteiger partial charge in [-0.05, 0) is 19.3 Å². The van der Waals surface area contributed by atoms with E-state index < -0.39 is 20.7 Å². The molecule has 0 aromatic carbocycles. The molecule has 0 aromatic heterocycles. The average Bonchev–Trinajstić information content (AvgIpc) is 2.39. The Morgan fingerprint density at radius 2 is 2.07 bits per heavy atom. The average molecular weight is 219 g/mol. The Kier molecular flexibility index (Phi) is 2.08. The molecule has 2 atom stereocenters. The predicted octanol–water partition coefficient (Wildman–Crippen LogP) is -0.273. The summed E-state index contributed by atoms with van der Waals surface area (Å²) in [6, 6.07) is 0. The van der Waals surface area contributed by atoms with Crippen molar-refractivity contribution in [3.05, 3.63) is 0 Å². The lowest BCUT2D eigenvalue weighted by Crippen LogP contribution is -2.50. The first-order valence-corrected chi connectivity index (χ1v) is 6.07. The van der Waals surface area contributed by atoms with Crippen molar-refractivity contribution in [1.82, 2.24) is 4.31 Å². The summed E-state index contributed by atoms with van der Waals surface area (Å²) < 4.78 is 28.6. The summed E-state index contributed by atoms with van der Waals surface area (Å²) in [5.41, 5.74) is 0. The summed E-state index contributed by atoms with van der Waals surface area (Å²) in [5.74, 6) is -0.597. The lowest BCUT2D eigenvalue weighted by molar-refractivity contribution is -0.144. The highest BCUT2D eigenvalue weighted by molar-refractivity contribution is 7.91.